The molecule has 2 N–H and O–H groups in total. The first kappa shape index (κ1) is 27.6. The van der Waals surface area contributed by atoms with E-state index in [2.05, 4.69) is 0 Å². The van der Waals surface area contributed by atoms with Crippen LogP contribution in [0.15, 0.2) is 0 Å². The molecule has 2 radical (unpaired) electrons. The fraction of sp³-hybridized carbons (Fsp3) is 0.500. The van der Waals surface area contributed by atoms with Gasteiger partial charge in [-0.15, -0.1) is 0 Å². The summed E-state index contributed by atoms with van der Waals surface area (Å²) in [6, 6.07) is 0. The number of carboxylic acid groups (broad SMARTS) is 3. The van der Waals surface area contributed by atoms with Crippen LogP contribution in [0.1, 0.15) is 12.8 Å². The van der Waals surface area contributed by atoms with Gasteiger partial charge in [-0.2, -0.15) is 0 Å². The number of hydrogen-bond donors (Lipinski definition) is 2. The van der Waals surface area contributed by atoms with Gasteiger partial charge in [-0.1, -0.05) is 0 Å². The summed E-state index contributed by atoms with van der Waals surface area (Å²) in [5.41, 5.74) is -2.86. The van der Waals surface area contributed by atoms with E-state index < -0.39 is 46.7 Å². The van der Waals surface area contributed by atoms with Crippen molar-refractivity contribution >= 4 is 28.3 Å². The molecule has 0 unspecified atom stereocenters. The molecule has 0 saturated heterocycles. The number of rotatable bonds is 5. The minimum atomic E-state index is -5.17. The Hall–Kier alpha value is -0.721. The van der Waals surface area contributed by atoms with E-state index in [1.54, 1.807) is 0 Å². The van der Waals surface area contributed by atoms with Gasteiger partial charge in [0.25, 0.3) is 0 Å². The maximum Gasteiger partial charge on any atom is 2.00 e. The van der Waals surface area contributed by atoms with Crippen LogP contribution in [-0.2, 0) is 58.9 Å². The molecule has 0 bridgehead atoms. The number of carbonyl (C=O) groups excluding carboxylic acids is 2. The van der Waals surface area contributed by atoms with Gasteiger partial charge in [0.1, 0.15) is 0 Å². The van der Waals surface area contributed by atoms with Crippen LogP contribution in [-0.4, -0.2) is 51.2 Å². The Morgan fingerprint density at radius 1 is 0.950 bits per heavy atom. The number of carboxylic acids is 3. The molecule has 124 valence electrons. The Balaban J connectivity index is -0.000000158. The van der Waals surface area contributed by atoms with E-state index in [1.165, 1.54) is 0 Å². The average Bonchev–Trinajstić information content (AvgIpc) is 1.95. The van der Waals surface area contributed by atoms with Crippen molar-refractivity contribution in [1.29, 1.82) is 0 Å². The standard InChI is InChI=1S/C6H8O7.2Cu.H2O4S/c7-3(8)1-6(13,5(11)12)2-4(9)10;;;1-5(2,3)4/h13H,1-2H2,(H,7,8)(H,9,10)(H,11,12);;;(H2,1,2,3,4)/q;2*+2;/p-4. The first-order valence-electron chi connectivity index (χ1n) is 3.80. The maximum absolute atomic E-state index is 10.3. The topological polar surface area (TPSA) is 218 Å². The van der Waals surface area contributed by atoms with Crippen molar-refractivity contribution in [2.24, 2.45) is 0 Å². The van der Waals surface area contributed by atoms with E-state index in [9.17, 15) is 24.6 Å². The molecule has 0 spiro atoms. The summed E-state index contributed by atoms with van der Waals surface area (Å²) < 4.78 is 34.1. The third kappa shape index (κ3) is 19.6. The van der Waals surface area contributed by atoms with Gasteiger partial charge in [0.2, 0.25) is 0 Å². The van der Waals surface area contributed by atoms with Gasteiger partial charge in [0.05, 0.1) is 0 Å². The molecular weight excluding hydrogens is 407 g/mol. The minimum Gasteiger partial charge on any atom is -0.759 e. The van der Waals surface area contributed by atoms with E-state index in [1.807, 2.05) is 0 Å². The Morgan fingerprint density at radius 3 is 1.25 bits per heavy atom. The van der Waals surface area contributed by atoms with Gasteiger partial charge in [-0.25, -0.2) is 4.79 Å². The minimum absolute atomic E-state index is 0. The summed E-state index contributed by atoms with van der Waals surface area (Å²) in [6.45, 7) is 0. The third-order valence-corrected chi connectivity index (χ3v) is 1.27. The van der Waals surface area contributed by atoms with Crippen molar-refractivity contribution in [3.05, 3.63) is 0 Å². The zero-order valence-electron chi connectivity index (χ0n) is 8.99. The maximum atomic E-state index is 10.3. The van der Waals surface area contributed by atoms with Crippen LogP contribution >= 0.6 is 0 Å². The second-order valence-corrected chi connectivity index (χ2v) is 3.66. The summed E-state index contributed by atoms with van der Waals surface area (Å²) in [7, 11) is -5.17. The molecular formula is C6H6Cu2O11S. The molecule has 0 aromatic heterocycles. The molecule has 0 aromatic carbocycles. The zero-order chi connectivity index (χ0) is 15.1. The molecule has 20 heavy (non-hydrogen) atoms. The Morgan fingerprint density at radius 2 is 1.15 bits per heavy atom. The molecule has 0 atom stereocenters. The van der Waals surface area contributed by atoms with Gasteiger partial charge in [0, 0.05) is 35.2 Å². The van der Waals surface area contributed by atoms with Crippen molar-refractivity contribution < 1.29 is 86.5 Å². The van der Waals surface area contributed by atoms with E-state index >= 15 is 0 Å². The number of carbonyl (C=O) groups is 3. The smallest absolute Gasteiger partial charge is 0.759 e. The van der Waals surface area contributed by atoms with Crippen LogP contribution in [0, 0.1) is 0 Å². The fourth-order valence-electron chi connectivity index (χ4n) is 0.691. The van der Waals surface area contributed by atoms with Crippen molar-refractivity contribution in [3.63, 3.8) is 0 Å². The Kier molecular flexibility index (Phi) is 15.2. The first-order chi connectivity index (χ1) is 7.78. The number of aliphatic carboxylic acids is 3. The summed E-state index contributed by atoms with van der Waals surface area (Å²) in [6.07, 6.45) is -2.59. The van der Waals surface area contributed by atoms with E-state index in [0.29, 0.717) is 0 Å². The molecule has 0 aliphatic heterocycles. The van der Waals surface area contributed by atoms with Gasteiger partial charge in [0.15, 0.2) is 5.60 Å². The summed E-state index contributed by atoms with van der Waals surface area (Å²) >= 11 is 0. The SMILES string of the molecule is O=C([O-])CC(O)(CC(=O)[O-])C(=O)O.O=S(=O)([O-])[O-].[Cu+2].[Cu+2]. The molecule has 0 heterocycles. The molecule has 0 amide bonds. The Labute approximate surface area is 133 Å². The van der Waals surface area contributed by atoms with Crippen LogP contribution in [0.4, 0.5) is 0 Å². The predicted molar refractivity (Wildman–Crippen MR) is 42.3 cm³/mol. The van der Waals surface area contributed by atoms with Crippen molar-refractivity contribution in [2.45, 2.75) is 18.4 Å². The predicted octanol–water partition coefficient (Wildman–Crippen LogP) is -5.26. The average molecular weight is 413 g/mol. The van der Waals surface area contributed by atoms with Gasteiger partial charge < -0.3 is 39.1 Å². The molecule has 0 aliphatic rings. The van der Waals surface area contributed by atoms with Crippen LogP contribution in [0.5, 0.6) is 0 Å². The van der Waals surface area contributed by atoms with E-state index in [4.69, 9.17) is 27.7 Å². The van der Waals surface area contributed by atoms with Gasteiger partial charge in [-0.05, 0) is 0 Å². The molecule has 0 aliphatic carbocycles. The summed E-state index contributed by atoms with van der Waals surface area (Å²) in [4.78, 5) is 30.2. The number of hydrogen-bond acceptors (Lipinski definition) is 10. The quantitative estimate of drug-likeness (QED) is 0.246. The van der Waals surface area contributed by atoms with Crippen molar-refractivity contribution in [2.75, 3.05) is 0 Å². The fourth-order valence-corrected chi connectivity index (χ4v) is 0.691. The molecule has 0 saturated carbocycles. The zero-order valence-corrected chi connectivity index (χ0v) is 11.7. The van der Waals surface area contributed by atoms with Crippen LogP contribution in [0.3, 0.4) is 0 Å². The van der Waals surface area contributed by atoms with Crippen LogP contribution < -0.4 is 10.2 Å². The number of aliphatic hydroxyl groups is 1. The third-order valence-electron chi connectivity index (χ3n) is 1.27. The monoisotopic (exact) mass is 412 g/mol. The van der Waals surface area contributed by atoms with Crippen LogP contribution in [0.2, 0.25) is 0 Å². The van der Waals surface area contributed by atoms with E-state index in [0.717, 1.165) is 0 Å². The first-order valence-corrected chi connectivity index (χ1v) is 5.13. The molecule has 0 aromatic rings. The molecule has 14 heteroatoms. The van der Waals surface area contributed by atoms with Crippen molar-refractivity contribution in [1.82, 2.24) is 0 Å². The normalized spacial score (nSPS) is 9.95. The largest absolute Gasteiger partial charge is 2.00 e. The molecule has 0 rings (SSSR count). The molecule has 11 nitrogen and oxygen atoms in total. The second kappa shape index (κ2) is 11.0. The summed E-state index contributed by atoms with van der Waals surface area (Å²) in [5.74, 6) is -5.65. The van der Waals surface area contributed by atoms with Gasteiger partial charge >= 0.3 is 40.1 Å². The Bertz CT molecular complexity index is 406. The van der Waals surface area contributed by atoms with E-state index in [-0.39, 0.29) is 34.1 Å². The second-order valence-electron chi connectivity index (χ2n) is 2.84. The summed E-state index contributed by atoms with van der Waals surface area (Å²) in [5, 5.41) is 37.2. The molecule has 0 fully saturated rings. The van der Waals surface area contributed by atoms with Crippen molar-refractivity contribution in [3.8, 4) is 0 Å². The van der Waals surface area contributed by atoms with Gasteiger partial charge in [-0.3, -0.25) is 8.42 Å². The van der Waals surface area contributed by atoms with Crippen LogP contribution in [0.25, 0.3) is 0 Å².